The molecular weight excluding hydrogens is 314 g/mol. The summed E-state index contributed by atoms with van der Waals surface area (Å²) in [4.78, 5) is 27.6. The average Bonchev–Trinajstić information content (AvgIpc) is 2.87. The van der Waals surface area contributed by atoms with E-state index < -0.39 is 4.92 Å². The number of non-ortho nitro benzene ring substituents is 1. The number of thiophene rings is 1. The number of hydrogen-bond donors (Lipinski definition) is 0. The van der Waals surface area contributed by atoms with Gasteiger partial charge in [0, 0.05) is 17.0 Å². The number of benzene rings is 1. The molecule has 106 valence electrons. The number of halogens is 1. The van der Waals surface area contributed by atoms with Crippen molar-refractivity contribution < 1.29 is 4.92 Å². The van der Waals surface area contributed by atoms with Gasteiger partial charge in [0.25, 0.3) is 11.2 Å². The molecule has 0 bridgehead atoms. The number of hydrogen-bond acceptors (Lipinski definition) is 5. The summed E-state index contributed by atoms with van der Waals surface area (Å²) in [6.07, 6.45) is 1.39. The molecule has 0 unspecified atom stereocenters. The van der Waals surface area contributed by atoms with Crippen molar-refractivity contribution in [1.29, 1.82) is 0 Å². The van der Waals surface area contributed by atoms with E-state index in [2.05, 4.69) is 4.98 Å². The monoisotopic (exact) mass is 321 g/mol. The van der Waals surface area contributed by atoms with Crippen LogP contribution in [0.2, 0.25) is 4.34 Å². The Morgan fingerprint density at radius 1 is 1.33 bits per heavy atom. The summed E-state index contributed by atoms with van der Waals surface area (Å²) in [5.41, 5.74) is -0.00808. The first kappa shape index (κ1) is 13.7. The van der Waals surface area contributed by atoms with Gasteiger partial charge in [0.15, 0.2) is 0 Å². The lowest BCUT2D eigenvalue weighted by Gasteiger charge is -2.04. The molecule has 0 amide bonds. The van der Waals surface area contributed by atoms with E-state index in [1.165, 1.54) is 40.4 Å². The van der Waals surface area contributed by atoms with Crippen molar-refractivity contribution in [2.24, 2.45) is 0 Å². The van der Waals surface area contributed by atoms with Gasteiger partial charge in [-0.2, -0.15) is 0 Å². The molecular formula is C13H8ClN3O3S. The largest absolute Gasteiger partial charge is 0.293 e. The van der Waals surface area contributed by atoms with Crippen LogP contribution in [0.25, 0.3) is 10.9 Å². The Morgan fingerprint density at radius 2 is 2.14 bits per heavy atom. The Balaban J connectivity index is 2.06. The van der Waals surface area contributed by atoms with Crippen LogP contribution in [0.3, 0.4) is 0 Å². The molecule has 3 rings (SSSR count). The SMILES string of the molecule is O=c1c2ccc([N+](=O)[O-])cc2ncn1Cc1ccc(Cl)s1. The minimum absolute atomic E-state index is 0.0859. The van der Waals surface area contributed by atoms with E-state index in [1.54, 1.807) is 6.07 Å². The molecule has 8 heteroatoms. The maximum Gasteiger partial charge on any atom is 0.271 e. The molecule has 0 spiro atoms. The first-order chi connectivity index (χ1) is 10.0. The van der Waals surface area contributed by atoms with Crippen molar-refractivity contribution >= 4 is 39.5 Å². The zero-order valence-electron chi connectivity index (χ0n) is 10.5. The normalized spacial score (nSPS) is 10.9. The lowest BCUT2D eigenvalue weighted by molar-refractivity contribution is -0.384. The summed E-state index contributed by atoms with van der Waals surface area (Å²) in [5.74, 6) is 0. The Labute approximate surface area is 127 Å². The zero-order valence-corrected chi connectivity index (χ0v) is 12.1. The molecule has 6 nitrogen and oxygen atoms in total. The van der Waals surface area contributed by atoms with Gasteiger partial charge in [-0.1, -0.05) is 11.6 Å². The average molecular weight is 322 g/mol. The van der Waals surface area contributed by atoms with Gasteiger partial charge >= 0.3 is 0 Å². The van der Waals surface area contributed by atoms with E-state index >= 15 is 0 Å². The lowest BCUT2D eigenvalue weighted by atomic mass is 10.2. The summed E-state index contributed by atoms with van der Waals surface area (Å²) in [6, 6.07) is 7.64. The maximum atomic E-state index is 12.3. The third-order valence-electron chi connectivity index (χ3n) is 2.97. The standard InChI is InChI=1S/C13H8ClN3O3S/c14-12-4-2-9(21-12)6-16-7-15-11-5-8(17(19)20)1-3-10(11)13(16)18/h1-5,7H,6H2. The summed E-state index contributed by atoms with van der Waals surface area (Å²) >= 11 is 7.25. The summed E-state index contributed by atoms with van der Waals surface area (Å²) < 4.78 is 2.11. The Kier molecular flexibility index (Phi) is 3.44. The van der Waals surface area contributed by atoms with E-state index in [1.807, 2.05) is 6.07 Å². The fourth-order valence-electron chi connectivity index (χ4n) is 1.98. The molecule has 0 radical (unpaired) electrons. The molecule has 1 aromatic carbocycles. The van der Waals surface area contributed by atoms with Gasteiger partial charge in [0.05, 0.1) is 33.0 Å². The van der Waals surface area contributed by atoms with E-state index in [0.29, 0.717) is 21.8 Å². The Bertz CT molecular complexity index is 903. The summed E-state index contributed by atoms with van der Waals surface area (Å²) in [5, 5.41) is 11.1. The quantitative estimate of drug-likeness (QED) is 0.548. The van der Waals surface area contributed by atoms with Gasteiger partial charge in [0.2, 0.25) is 0 Å². The van der Waals surface area contributed by atoms with Crippen LogP contribution < -0.4 is 5.56 Å². The minimum Gasteiger partial charge on any atom is -0.293 e. The summed E-state index contributed by atoms with van der Waals surface area (Å²) in [7, 11) is 0. The first-order valence-electron chi connectivity index (χ1n) is 5.92. The van der Waals surface area contributed by atoms with Gasteiger partial charge < -0.3 is 0 Å². The Morgan fingerprint density at radius 3 is 2.81 bits per heavy atom. The molecule has 0 aliphatic rings. The predicted octanol–water partition coefficient (Wildman–Crippen LogP) is 3.07. The number of aromatic nitrogens is 2. The molecule has 0 saturated heterocycles. The van der Waals surface area contributed by atoms with Gasteiger partial charge in [-0.05, 0) is 18.2 Å². The minimum atomic E-state index is -0.514. The fraction of sp³-hybridized carbons (Fsp3) is 0.0769. The van der Waals surface area contributed by atoms with Crippen LogP contribution in [0.1, 0.15) is 4.88 Å². The molecule has 2 aromatic heterocycles. The van der Waals surface area contributed by atoms with Gasteiger partial charge in [0.1, 0.15) is 0 Å². The van der Waals surface area contributed by atoms with E-state index in [-0.39, 0.29) is 11.2 Å². The molecule has 0 saturated carbocycles. The van der Waals surface area contributed by atoms with Crippen LogP contribution >= 0.6 is 22.9 Å². The Hall–Kier alpha value is -2.25. The van der Waals surface area contributed by atoms with Crippen molar-refractivity contribution in [1.82, 2.24) is 9.55 Å². The molecule has 0 aliphatic heterocycles. The smallest absolute Gasteiger partial charge is 0.271 e. The second kappa shape index (κ2) is 5.27. The molecule has 3 aromatic rings. The number of nitro groups is 1. The van der Waals surface area contributed by atoms with Crippen molar-refractivity contribution in [3.63, 3.8) is 0 Å². The molecule has 0 N–H and O–H groups in total. The van der Waals surface area contributed by atoms with Crippen LogP contribution in [-0.4, -0.2) is 14.5 Å². The molecule has 21 heavy (non-hydrogen) atoms. The predicted molar refractivity (Wildman–Crippen MR) is 81.1 cm³/mol. The molecule has 0 fully saturated rings. The molecule has 2 heterocycles. The fourth-order valence-corrected chi connectivity index (χ4v) is 3.06. The highest BCUT2D eigenvalue weighted by molar-refractivity contribution is 7.16. The second-order valence-corrected chi connectivity index (χ2v) is 6.14. The topological polar surface area (TPSA) is 78.0 Å². The third kappa shape index (κ3) is 2.65. The number of nitrogens with zero attached hydrogens (tertiary/aromatic N) is 3. The van der Waals surface area contributed by atoms with Crippen LogP contribution in [0.4, 0.5) is 5.69 Å². The third-order valence-corrected chi connectivity index (χ3v) is 4.19. The van der Waals surface area contributed by atoms with Crippen molar-refractivity contribution in [3.8, 4) is 0 Å². The van der Waals surface area contributed by atoms with Crippen LogP contribution in [0.5, 0.6) is 0 Å². The highest BCUT2D eigenvalue weighted by Gasteiger charge is 2.11. The van der Waals surface area contributed by atoms with Gasteiger partial charge in [-0.25, -0.2) is 4.98 Å². The number of rotatable bonds is 3. The first-order valence-corrected chi connectivity index (χ1v) is 7.12. The van der Waals surface area contributed by atoms with Crippen molar-refractivity contribution in [2.75, 3.05) is 0 Å². The number of fused-ring (bicyclic) bond motifs is 1. The van der Waals surface area contributed by atoms with E-state index in [9.17, 15) is 14.9 Å². The second-order valence-electron chi connectivity index (χ2n) is 4.34. The van der Waals surface area contributed by atoms with Crippen LogP contribution in [-0.2, 0) is 6.54 Å². The van der Waals surface area contributed by atoms with Gasteiger partial charge in [-0.15, -0.1) is 11.3 Å². The highest BCUT2D eigenvalue weighted by Crippen LogP contribution is 2.22. The molecule has 0 atom stereocenters. The van der Waals surface area contributed by atoms with Crippen LogP contribution in [0.15, 0.2) is 41.5 Å². The number of nitro benzene ring substituents is 1. The van der Waals surface area contributed by atoms with E-state index in [4.69, 9.17) is 11.6 Å². The highest BCUT2D eigenvalue weighted by atomic mass is 35.5. The van der Waals surface area contributed by atoms with Crippen molar-refractivity contribution in [3.05, 3.63) is 66.3 Å². The maximum absolute atomic E-state index is 12.3. The molecule has 0 aliphatic carbocycles. The van der Waals surface area contributed by atoms with Crippen molar-refractivity contribution in [2.45, 2.75) is 6.54 Å². The van der Waals surface area contributed by atoms with Gasteiger partial charge in [-0.3, -0.25) is 19.5 Å². The summed E-state index contributed by atoms with van der Waals surface area (Å²) in [6.45, 7) is 0.371. The van der Waals surface area contributed by atoms with E-state index in [0.717, 1.165) is 4.88 Å². The van der Waals surface area contributed by atoms with Crippen LogP contribution in [0, 0.1) is 10.1 Å². The lowest BCUT2D eigenvalue weighted by Crippen LogP contribution is -2.20. The zero-order chi connectivity index (χ0) is 15.0.